The lowest BCUT2D eigenvalue weighted by molar-refractivity contribution is -0.122. The molecule has 0 bridgehead atoms. The third-order valence-electron chi connectivity index (χ3n) is 5.63. The molecule has 0 saturated carbocycles. The molecular weight excluding hydrogens is 335 g/mol. The van der Waals surface area contributed by atoms with Crippen molar-refractivity contribution in [1.82, 2.24) is 9.80 Å². The number of carboxylic acid groups (broad SMARTS) is 1. The maximum absolute atomic E-state index is 14.0. The predicted molar refractivity (Wildman–Crippen MR) is 98.7 cm³/mol. The van der Waals surface area contributed by atoms with Crippen molar-refractivity contribution >= 4 is 12.4 Å². The number of halogens is 1. The van der Waals surface area contributed by atoms with Crippen LogP contribution in [-0.2, 0) is 4.79 Å². The summed E-state index contributed by atoms with van der Waals surface area (Å²) in [6.07, 6.45) is 5.98. The molecule has 0 aromatic heterocycles. The fourth-order valence-corrected chi connectivity index (χ4v) is 4.24. The second-order valence-corrected chi connectivity index (χ2v) is 7.21. The van der Waals surface area contributed by atoms with Crippen LogP contribution in [0.15, 0.2) is 18.2 Å². The average Bonchev–Trinajstić information content (AvgIpc) is 2.63. The Morgan fingerprint density at radius 2 is 1.85 bits per heavy atom. The van der Waals surface area contributed by atoms with E-state index in [0.717, 1.165) is 31.5 Å². The molecule has 0 radical (unpaired) electrons. The van der Waals surface area contributed by atoms with Gasteiger partial charge in [-0.3, -0.25) is 9.59 Å². The van der Waals surface area contributed by atoms with Gasteiger partial charge < -0.3 is 14.9 Å². The van der Waals surface area contributed by atoms with Gasteiger partial charge in [-0.15, -0.1) is 0 Å². The lowest BCUT2D eigenvalue weighted by Crippen LogP contribution is -2.47. The topological polar surface area (TPSA) is 60.9 Å². The molecule has 3 rings (SSSR count). The zero-order valence-electron chi connectivity index (χ0n) is 15.7. The minimum Gasteiger partial charge on any atom is -0.483 e. The molecule has 2 aliphatic heterocycles. The molecule has 1 unspecified atom stereocenters. The Morgan fingerprint density at radius 1 is 1.19 bits per heavy atom. The van der Waals surface area contributed by atoms with Crippen LogP contribution in [0.25, 0.3) is 0 Å². The number of carbonyl (C=O) groups is 2. The molecule has 2 saturated heterocycles. The van der Waals surface area contributed by atoms with Crippen LogP contribution < -0.4 is 0 Å². The van der Waals surface area contributed by atoms with Crippen LogP contribution in [0.3, 0.4) is 0 Å². The first-order valence-electron chi connectivity index (χ1n) is 9.32. The lowest BCUT2D eigenvalue weighted by Gasteiger charge is -2.42. The molecule has 0 spiro atoms. The molecule has 26 heavy (non-hydrogen) atoms. The third-order valence-corrected chi connectivity index (χ3v) is 5.63. The van der Waals surface area contributed by atoms with Gasteiger partial charge in [0, 0.05) is 19.1 Å². The van der Waals surface area contributed by atoms with Crippen molar-refractivity contribution in [2.45, 2.75) is 45.1 Å². The highest BCUT2D eigenvalue weighted by Crippen LogP contribution is 2.30. The molecule has 1 aromatic rings. The predicted octanol–water partition coefficient (Wildman–Crippen LogP) is 3.17. The molecule has 1 atom stereocenters. The number of carbonyl (C=O) groups excluding carboxylic acids is 1. The molecule has 1 aromatic carbocycles. The van der Waals surface area contributed by atoms with Crippen molar-refractivity contribution in [2.75, 3.05) is 26.7 Å². The maximum Gasteiger partial charge on any atom is 0.290 e. The Labute approximate surface area is 154 Å². The van der Waals surface area contributed by atoms with E-state index in [1.54, 1.807) is 19.1 Å². The molecule has 5 nitrogen and oxygen atoms in total. The van der Waals surface area contributed by atoms with Crippen molar-refractivity contribution in [3.63, 3.8) is 0 Å². The number of aryl methyl sites for hydroxylation is 1. The average molecular weight is 364 g/mol. The smallest absolute Gasteiger partial charge is 0.290 e. The number of rotatable bonds is 2. The second kappa shape index (κ2) is 9.67. The molecular formula is C20H29FN2O3. The Kier molecular flexibility index (Phi) is 7.57. The summed E-state index contributed by atoms with van der Waals surface area (Å²) in [6, 6.07) is 5.51. The monoisotopic (exact) mass is 364 g/mol. The van der Waals surface area contributed by atoms with Crippen molar-refractivity contribution in [3.8, 4) is 0 Å². The SMILES string of the molecule is Cc1cccc(F)c1C(=O)N1CCC(C2CCCCN2C)CC1.O=CO. The van der Waals surface area contributed by atoms with Crippen LogP contribution in [0, 0.1) is 18.7 Å². The molecule has 6 heteroatoms. The molecule has 0 aliphatic carbocycles. The summed E-state index contributed by atoms with van der Waals surface area (Å²) in [5, 5.41) is 6.89. The molecule has 1 N–H and O–H groups in total. The summed E-state index contributed by atoms with van der Waals surface area (Å²) in [5.74, 6) is 0.131. The van der Waals surface area contributed by atoms with Crippen LogP contribution >= 0.6 is 0 Å². The zero-order valence-corrected chi connectivity index (χ0v) is 15.7. The van der Waals surface area contributed by atoms with Crippen molar-refractivity contribution in [2.24, 2.45) is 5.92 Å². The van der Waals surface area contributed by atoms with E-state index in [-0.39, 0.29) is 17.9 Å². The van der Waals surface area contributed by atoms with Gasteiger partial charge in [-0.1, -0.05) is 18.6 Å². The molecule has 1 amide bonds. The van der Waals surface area contributed by atoms with Crippen LogP contribution in [0.1, 0.15) is 48.0 Å². The zero-order chi connectivity index (χ0) is 19.1. The first-order valence-corrected chi connectivity index (χ1v) is 9.32. The largest absolute Gasteiger partial charge is 0.483 e. The minimum absolute atomic E-state index is 0.143. The fraction of sp³-hybridized carbons (Fsp3) is 0.600. The van der Waals surface area contributed by atoms with Gasteiger partial charge in [0.15, 0.2) is 0 Å². The summed E-state index contributed by atoms with van der Waals surface area (Å²) in [7, 11) is 2.23. The highest BCUT2D eigenvalue weighted by Gasteiger charge is 2.32. The first-order chi connectivity index (χ1) is 12.5. The Morgan fingerprint density at radius 3 is 2.42 bits per heavy atom. The van der Waals surface area contributed by atoms with E-state index in [1.165, 1.54) is 31.9 Å². The van der Waals surface area contributed by atoms with Crippen molar-refractivity contribution in [1.29, 1.82) is 0 Å². The first kappa shape index (κ1) is 20.4. The van der Waals surface area contributed by atoms with Gasteiger partial charge in [-0.25, -0.2) is 4.39 Å². The summed E-state index contributed by atoms with van der Waals surface area (Å²) < 4.78 is 14.0. The van der Waals surface area contributed by atoms with E-state index in [1.807, 2.05) is 4.90 Å². The van der Waals surface area contributed by atoms with Crippen LogP contribution in [-0.4, -0.2) is 60.0 Å². The van der Waals surface area contributed by atoms with E-state index < -0.39 is 5.82 Å². The number of benzene rings is 1. The number of nitrogens with zero attached hydrogens (tertiary/aromatic N) is 2. The number of piperidine rings is 2. The Hall–Kier alpha value is -1.95. The highest BCUT2D eigenvalue weighted by atomic mass is 19.1. The van der Waals surface area contributed by atoms with Gasteiger partial charge in [0.1, 0.15) is 5.82 Å². The van der Waals surface area contributed by atoms with Gasteiger partial charge in [0.25, 0.3) is 12.4 Å². The van der Waals surface area contributed by atoms with E-state index in [4.69, 9.17) is 9.90 Å². The highest BCUT2D eigenvalue weighted by molar-refractivity contribution is 5.96. The minimum atomic E-state index is -0.399. The quantitative estimate of drug-likeness (QED) is 0.819. The summed E-state index contributed by atoms with van der Waals surface area (Å²) in [6.45, 7) is 4.25. The number of amides is 1. The van der Waals surface area contributed by atoms with Crippen molar-refractivity contribution in [3.05, 3.63) is 35.1 Å². The van der Waals surface area contributed by atoms with Crippen LogP contribution in [0.4, 0.5) is 4.39 Å². The summed E-state index contributed by atoms with van der Waals surface area (Å²) in [5.41, 5.74) is 0.977. The molecule has 2 fully saturated rings. The number of hydrogen-bond donors (Lipinski definition) is 1. The lowest BCUT2D eigenvalue weighted by atomic mass is 9.84. The number of likely N-dealkylation sites (tertiary alicyclic amines) is 2. The molecule has 144 valence electrons. The fourth-order valence-electron chi connectivity index (χ4n) is 4.24. The normalized spacial score (nSPS) is 21.7. The molecule has 2 aliphatic rings. The van der Waals surface area contributed by atoms with Gasteiger partial charge in [-0.05, 0) is 63.7 Å². The van der Waals surface area contributed by atoms with Crippen LogP contribution in [0.2, 0.25) is 0 Å². The number of hydrogen-bond acceptors (Lipinski definition) is 3. The second-order valence-electron chi connectivity index (χ2n) is 7.21. The van der Waals surface area contributed by atoms with E-state index in [0.29, 0.717) is 12.0 Å². The maximum atomic E-state index is 14.0. The van der Waals surface area contributed by atoms with Gasteiger partial charge in [0.2, 0.25) is 0 Å². The van der Waals surface area contributed by atoms with Gasteiger partial charge in [0.05, 0.1) is 5.56 Å². The van der Waals surface area contributed by atoms with E-state index >= 15 is 0 Å². The third kappa shape index (κ3) is 4.81. The van der Waals surface area contributed by atoms with Gasteiger partial charge in [-0.2, -0.15) is 0 Å². The van der Waals surface area contributed by atoms with E-state index in [9.17, 15) is 9.18 Å². The summed E-state index contributed by atoms with van der Waals surface area (Å²) >= 11 is 0. The summed E-state index contributed by atoms with van der Waals surface area (Å²) in [4.78, 5) is 25.4. The standard InChI is InChI=1S/C19H27FN2O.CH2O2/c1-14-6-5-7-16(20)18(14)19(23)22-12-9-15(10-13-22)17-8-3-4-11-21(17)2;2-1-3/h5-7,15,17H,3-4,8-13H2,1-2H3;1H,(H,2,3). The van der Waals surface area contributed by atoms with Crippen LogP contribution in [0.5, 0.6) is 0 Å². The Bertz CT molecular complexity index is 595. The van der Waals surface area contributed by atoms with Crippen molar-refractivity contribution < 1.29 is 19.1 Å². The molecule has 2 heterocycles. The van der Waals surface area contributed by atoms with Gasteiger partial charge >= 0.3 is 0 Å². The van der Waals surface area contributed by atoms with E-state index in [2.05, 4.69) is 11.9 Å². The Balaban J connectivity index is 0.000000758.